The lowest BCUT2D eigenvalue weighted by molar-refractivity contribution is -0.116. The van der Waals surface area contributed by atoms with Crippen molar-refractivity contribution < 1.29 is 22.7 Å². The Bertz CT molecular complexity index is 901. The Labute approximate surface area is 167 Å². The van der Waals surface area contributed by atoms with Crippen molar-refractivity contribution in [3.05, 3.63) is 34.0 Å². The molecule has 2 aromatic heterocycles. The standard InChI is InChI=1S/C17H22N2O5S3/c1-11(2)8-12-10-26-16(15(12)17(21)24-4)18-13(20)9-19(3)27(22,23)14-6-5-7-25-14/h5-7,10-11H,8-9H2,1-4H3,(H,18,20). The molecule has 7 nitrogen and oxygen atoms in total. The van der Waals surface area contributed by atoms with Gasteiger partial charge in [0.05, 0.1) is 19.2 Å². The smallest absolute Gasteiger partial charge is 0.341 e. The average molecular weight is 431 g/mol. The van der Waals surface area contributed by atoms with E-state index in [-0.39, 0.29) is 10.8 Å². The van der Waals surface area contributed by atoms with Crippen molar-refractivity contribution in [2.24, 2.45) is 5.92 Å². The predicted octanol–water partition coefficient (Wildman–Crippen LogP) is 3.05. The van der Waals surface area contributed by atoms with Gasteiger partial charge in [-0.15, -0.1) is 22.7 Å². The van der Waals surface area contributed by atoms with Crippen molar-refractivity contribution in [2.45, 2.75) is 24.5 Å². The minimum Gasteiger partial charge on any atom is -0.465 e. The number of carbonyl (C=O) groups excluding carboxylic acids is 2. The molecule has 0 saturated carbocycles. The van der Waals surface area contributed by atoms with Crippen LogP contribution in [0, 0.1) is 5.92 Å². The minimum absolute atomic E-state index is 0.170. The Balaban J connectivity index is 2.16. The van der Waals surface area contributed by atoms with Gasteiger partial charge in [0.15, 0.2) is 0 Å². The Hall–Kier alpha value is -1.75. The number of likely N-dealkylation sites (N-methyl/N-ethyl adjacent to an activating group) is 1. The van der Waals surface area contributed by atoms with E-state index in [1.165, 1.54) is 31.6 Å². The van der Waals surface area contributed by atoms with Gasteiger partial charge in [-0.05, 0) is 34.7 Å². The second-order valence-electron chi connectivity index (χ2n) is 6.30. The van der Waals surface area contributed by atoms with Crippen molar-refractivity contribution in [3.63, 3.8) is 0 Å². The van der Waals surface area contributed by atoms with Crippen molar-refractivity contribution in [2.75, 3.05) is 26.0 Å². The second-order valence-corrected chi connectivity index (χ2v) is 10.4. The molecular weight excluding hydrogens is 408 g/mol. The number of ether oxygens (including phenoxy) is 1. The fourth-order valence-electron chi connectivity index (χ4n) is 2.42. The number of sulfonamides is 1. The summed E-state index contributed by atoms with van der Waals surface area (Å²) in [4.78, 5) is 24.5. The van der Waals surface area contributed by atoms with Gasteiger partial charge in [-0.1, -0.05) is 19.9 Å². The third-order valence-electron chi connectivity index (χ3n) is 3.66. The predicted molar refractivity (Wildman–Crippen MR) is 107 cm³/mol. The maximum atomic E-state index is 12.4. The molecule has 0 aromatic carbocycles. The van der Waals surface area contributed by atoms with Gasteiger partial charge in [-0.3, -0.25) is 4.79 Å². The molecule has 0 spiro atoms. The van der Waals surface area contributed by atoms with Crippen LogP contribution in [0.1, 0.15) is 29.8 Å². The van der Waals surface area contributed by atoms with Crippen LogP contribution in [0.3, 0.4) is 0 Å². The van der Waals surface area contributed by atoms with Crippen LogP contribution < -0.4 is 5.32 Å². The fraction of sp³-hybridized carbons (Fsp3) is 0.412. The molecule has 0 unspecified atom stereocenters. The van der Waals surface area contributed by atoms with Gasteiger partial charge >= 0.3 is 5.97 Å². The van der Waals surface area contributed by atoms with Gasteiger partial charge in [0.2, 0.25) is 5.91 Å². The summed E-state index contributed by atoms with van der Waals surface area (Å²) in [5, 5.41) is 6.48. The van der Waals surface area contributed by atoms with Crippen LogP contribution in [-0.4, -0.2) is 45.3 Å². The Morgan fingerprint density at radius 2 is 2.00 bits per heavy atom. The molecule has 10 heteroatoms. The van der Waals surface area contributed by atoms with Crippen LogP contribution in [0.15, 0.2) is 27.1 Å². The van der Waals surface area contributed by atoms with Gasteiger partial charge in [-0.2, -0.15) is 4.31 Å². The van der Waals surface area contributed by atoms with Crippen LogP contribution in [-0.2, 0) is 26.0 Å². The summed E-state index contributed by atoms with van der Waals surface area (Å²) in [6.45, 7) is 3.70. The summed E-state index contributed by atoms with van der Waals surface area (Å²) in [6.07, 6.45) is 0.670. The van der Waals surface area contributed by atoms with E-state index in [0.29, 0.717) is 22.9 Å². The lowest BCUT2D eigenvalue weighted by Gasteiger charge is -2.15. The van der Waals surface area contributed by atoms with E-state index < -0.39 is 21.9 Å². The molecule has 2 rings (SSSR count). The topological polar surface area (TPSA) is 92.8 Å². The lowest BCUT2D eigenvalue weighted by atomic mass is 10.0. The molecule has 1 N–H and O–H groups in total. The highest BCUT2D eigenvalue weighted by molar-refractivity contribution is 7.91. The Morgan fingerprint density at radius 1 is 1.30 bits per heavy atom. The number of nitrogens with zero attached hydrogens (tertiary/aromatic N) is 1. The number of anilines is 1. The van der Waals surface area contributed by atoms with Crippen molar-refractivity contribution in [1.29, 1.82) is 0 Å². The molecule has 0 radical (unpaired) electrons. The largest absolute Gasteiger partial charge is 0.465 e. The van der Waals surface area contributed by atoms with Gasteiger partial charge in [0, 0.05) is 7.05 Å². The minimum atomic E-state index is -3.72. The molecule has 0 aliphatic heterocycles. The molecule has 148 valence electrons. The third kappa shape index (κ3) is 5.16. The van der Waals surface area contributed by atoms with E-state index in [9.17, 15) is 18.0 Å². The van der Waals surface area contributed by atoms with E-state index in [4.69, 9.17) is 4.74 Å². The van der Waals surface area contributed by atoms with Gasteiger partial charge in [-0.25, -0.2) is 13.2 Å². The lowest BCUT2D eigenvalue weighted by Crippen LogP contribution is -2.34. The number of thiophene rings is 2. The van der Waals surface area contributed by atoms with Crippen molar-refractivity contribution in [1.82, 2.24) is 4.31 Å². The first-order valence-corrected chi connectivity index (χ1v) is 11.3. The first-order valence-electron chi connectivity index (χ1n) is 8.15. The van der Waals surface area contributed by atoms with Gasteiger partial charge in [0.25, 0.3) is 10.0 Å². The van der Waals surface area contributed by atoms with E-state index in [1.54, 1.807) is 11.4 Å². The molecule has 0 saturated heterocycles. The number of rotatable bonds is 8. The highest BCUT2D eigenvalue weighted by atomic mass is 32.2. The molecule has 27 heavy (non-hydrogen) atoms. The zero-order chi connectivity index (χ0) is 20.2. The maximum absolute atomic E-state index is 12.4. The van der Waals surface area contributed by atoms with Gasteiger partial charge < -0.3 is 10.1 Å². The number of hydrogen-bond acceptors (Lipinski definition) is 7. The van der Waals surface area contributed by atoms with E-state index in [1.807, 2.05) is 19.2 Å². The van der Waals surface area contributed by atoms with E-state index in [2.05, 4.69) is 5.32 Å². The van der Waals surface area contributed by atoms with Crippen molar-refractivity contribution in [3.8, 4) is 0 Å². The summed E-state index contributed by atoms with van der Waals surface area (Å²) < 4.78 is 30.8. The first kappa shape index (κ1) is 21.5. The zero-order valence-corrected chi connectivity index (χ0v) is 18.0. The molecule has 0 aliphatic rings. The van der Waals surface area contributed by atoms with Crippen LogP contribution in [0.4, 0.5) is 5.00 Å². The van der Waals surface area contributed by atoms with E-state index in [0.717, 1.165) is 21.2 Å². The average Bonchev–Trinajstić information content (AvgIpc) is 3.24. The molecule has 1 amide bonds. The summed E-state index contributed by atoms with van der Waals surface area (Å²) in [5.74, 6) is -0.726. The third-order valence-corrected chi connectivity index (χ3v) is 7.78. The summed E-state index contributed by atoms with van der Waals surface area (Å²) in [7, 11) is -1.10. The van der Waals surface area contributed by atoms with Crippen LogP contribution >= 0.6 is 22.7 Å². The maximum Gasteiger partial charge on any atom is 0.341 e. The summed E-state index contributed by atoms with van der Waals surface area (Å²) >= 11 is 2.31. The van der Waals surface area contributed by atoms with Crippen LogP contribution in [0.25, 0.3) is 0 Å². The molecule has 0 fully saturated rings. The zero-order valence-electron chi connectivity index (χ0n) is 15.5. The van der Waals surface area contributed by atoms with Crippen LogP contribution in [0.2, 0.25) is 0 Å². The quantitative estimate of drug-likeness (QED) is 0.650. The highest BCUT2D eigenvalue weighted by Crippen LogP contribution is 2.31. The molecule has 2 heterocycles. The number of carbonyl (C=O) groups is 2. The van der Waals surface area contributed by atoms with E-state index >= 15 is 0 Å². The fourth-order valence-corrected chi connectivity index (χ4v) is 5.73. The second kappa shape index (κ2) is 8.96. The molecule has 0 atom stereocenters. The molecule has 2 aromatic rings. The Morgan fingerprint density at radius 3 is 2.56 bits per heavy atom. The summed E-state index contributed by atoms with van der Waals surface area (Å²) in [5.41, 5.74) is 1.13. The first-order chi connectivity index (χ1) is 12.7. The summed E-state index contributed by atoms with van der Waals surface area (Å²) in [6, 6.07) is 3.12. The normalized spacial score (nSPS) is 11.8. The number of nitrogens with one attached hydrogen (secondary N) is 1. The number of esters is 1. The molecule has 0 aliphatic carbocycles. The number of hydrogen-bond donors (Lipinski definition) is 1. The molecular formula is C17H22N2O5S3. The van der Waals surface area contributed by atoms with Crippen LogP contribution in [0.5, 0.6) is 0 Å². The Kier molecular flexibility index (Phi) is 7.15. The molecule has 0 bridgehead atoms. The highest BCUT2D eigenvalue weighted by Gasteiger charge is 2.26. The number of amides is 1. The number of methoxy groups -OCH3 is 1. The monoisotopic (exact) mass is 430 g/mol. The van der Waals surface area contributed by atoms with Crippen molar-refractivity contribution >= 4 is 49.6 Å². The SMILES string of the molecule is COC(=O)c1c(CC(C)C)csc1NC(=O)CN(C)S(=O)(=O)c1cccs1. The van der Waals surface area contributed by atoms with Gasteiger partial charge in [0.1, 0.15) is 9.21 Å².